The lowest BCUT2D eigenvalue weighted by molar-refractivity contribution is -0.148. The van der Waals surface area contributed by atoms with Crippen LogP contribution in [-0.2, 0) is 4.79 Å². The Kier molecular flexibility index (Phi) is 6.53. The normalized spacial score (nSPS) is 18.9. The minimum atomic E-state index is -0.428. The number of para-hydroxylation sites is 2. The summed E-state index contributed by atoms with van der Waals surface area (Å²) in [7, 11) is 0. The highest BCUT2D eigenvalue weighted by atomic mass is 16.2. The number of carbonyl (C=O) groups excluding carboxylic acids is 1. The number of anilines is 1. The van der Waals surface area contributed by atoms with Crippen LogP contribution >= 0.6 is 0 Å². The fraction of sp³-hybridized carbons (Fsp3) is 0.407. The van der Waals surface area contributed by atoms with Crippen molar-refractivity contribution in [3.05, 3.63) is 60.8 Å². The minimum absolute atomic E-state index is 0.203. The number of hydrogen-bond acceptors (Lipinski definition) is 7. The van der Waals surface area contributed by atoms with Gasteiger partial charge in [-0.1, -0.05) is 30.3 Å². The van der Waals surface area contributed by atoms with Crippen molar-refractivity contribution < 1.29 is 4.79 Å². The van der Waals surface area contributed by atoms with Crippen LogP contribution in [0.5, 0.6) is 0 Å². The first-order valence-electron chi connectivity index (χ1n) is 12.3. The molecule has 8 nitrogen and oxygen atoms in total. The molecule has 2 aliphatic rings. The highest BCUT2D eigenvalue weighted by Gasteiger charge is 2.46. The van der Waals surface area contributed by atoms with E-state index in [1.807, 2.05) is 65.7 Å². The molecule has 180 valence electrons. The molecule has 2 saturated heterocycles. The van der Waals surface area contributed by atoms with Gasteiger partial charge in [-0.3, -0.25) is 9.78 Å². The monoisotopic (exact) mass is 469 g/mol. The lowest BCUT2D eigenvalue weighted by atomic mass is 9.71. The Hall–Kier alpha value is -3.68. The molecule has 1 N–H and O–H groups in total. The molecular weight excluding hydrogens is 438 g/mol. The maximum absolute atomic E-state index is 13.7. The summed E-state index contributed by atoms with van der Waals surface area (Å²) in [6.07, 6.45) is 5.33. The zero-order chi connectivity index (χ0) is 24.3. The number of hydrogen-bond donors (Lipinski definition) is 1. The van der Waals surface area contributed by atoms with Crippen LogP contribution < -0.4 is 4.90 Å². The van der Waals surface area contributed by atoms with Crippen molar-refractivity contribution in [1.29, 1.82) is 5.41 Å². The highest BCUT2D eigenvalue weighted by Crippen LogP contribution is 2.41. The average Bonchev–Trinajstić information content (AvgIpc) is 2.89. The van der Waals surface area contributed by atoms with Gasteiger partial charge in [0.05, 0.1) is 34.9 Å². The summed E-state index contributed by atoms with van der Waals surface area (Å²) in [6.45, 7) is 4.43. The van der Waals surface area contributed by atoms with Gasteiger partial charge in [0, 0.05) is 25.3 Å². The second-order valence-corrected chi connectivity index (χ2v) is 9.59. The van der Waals surface area contributed by atoms with Gasteiger partial charge in [0.15, 0.2) is 0 Å². The summed E-state index contributed by atoms with van der Waals surface area (Å²) in [5.41, 5.74) is 2.62. The van der Waals surface area contributed by atoms with Crippen molar-refractivity contribution in [1.82, 2.24) is 14.9 Å². The van der Waals surface area contributed by atoms with Gasteiger partial charge in [-0.15, -0.1) is 0 Å². The number of carbonyl (C=O) groups is 1. The van der Waals surface area contributed by atoms with E-state index in [0.29, 0.717) is 18.8 Å². The Morgan fingerprint density at radius 2 is 1.74 bits per heavy atom. The molecule has 0 saturated carbocycles. The third-order valence-electron chi connectivity index (χ3n) is 7.27. The number of nitrogens with zero attached hydrogens (tertiary/aromatic N) is 6. The molecule has 3 heterocycles. The summed E-state index contributed by atoms with van der Waals surface area (Å²) < 4.78 is 0. The zero-order valence-electron chi connectivity index (χ0n) is 20.1. The number of nitrogens with one attached hydrogen (secondary N) is 1. The molecule has 0 radical (unpaired) electrons. The molecule has 1 amide bonds. The zero-order valence-corrected chi connectivity index (χ0v) is 20.1. The first-order valence-corrected chi connectivity index (χ1v) is 12.3. The van der Waals surface area contributed by atoms with E-state index in [1.54, 1.807) is 6.92 Å². The SMILES string of the molecule is CC(=N)C(CN1CCCC2(CCN(c3cnc4ccccc4n3)CC2)C1=O)N=Nc1ccccc1. The number of fused-ring (bicyclic) bond motifs is 1. The summed E-state index contributed by atoms with van der Waals surface area (Å²) >= 11 is 0. The van der Waals surface area contributed by atoms with E-state index < -0.39 is 6.04 Å². The number of amides is 1. The van der Waals surface area contributed by atoms with Crippen molar-refractivity contribution >= 4 is 34.2 Å². The maximum atomic E-state index is 13.7. The van der Waals surface area contributed by atoms with Gasteiger partial charge < -0.3 is 15.2 Å². The molecular formula is C27H31N7O. The molecule has 8 heteroatoms. The van der Waals surface area contributed by atoms with Crippen molar-refractivity contribution in [3.8, 4) is 0 Å². The molecule has 35 heavy (non-hydrogen) atoms. The number of piperidine rings is 2. The summed E-state index contributed by atoms with van der Waals surface area (Å²) in [5, 5.41) is 16.9. The van der Waals surface area contributed by atoms with Crippen molar-refractivity contribution in [3.63, 3.8) is 0 Å². The Bertz CT molecular complexity index is 1230. The molecule has 1 atom stereocenters. The van der Waals surface area contributed by atoms with Crippen LogP contribution in [0.2, 0.25) is 0 Å². The van der Waals surface area contributed by atoms with E-state index >= 15 is 0 Å². The molecule has 0 aliphatic carbocycles. The minimum Gasteiger partial charge on any atom is -0.355 e. The number of likely N-dealkylation sites (tertiary alicyclic amines) is 1. The Morgan fingerprint density at radius 1 is 1.03 bits per heavy atom. The van der Waals surface area contributed by atoms with Crippen molar-refractivity contribution in [2.45, 2.75) is 38.6 Å². The standard InChI is InChI=1S/C27H31N7O/c1-20(28)24(32-31-21-8-3-2-4-9-21)19-34-15-7-12-27(26(34)35)13-16-33(17-14-27)25-18-29-22-10-5-6-11-23(22)30-25/h2-6,8-11,18,24,28H,7,12-17,19H2,1H3. The van der Waals surface area contributed by atoms with Crippen LogP contribution in [0.25, 0.3) is 11.0 Å². The van der Waals surface area contributed by atoms with Gasteiger partial charge in [-0.05, 0) is 56.9 Å². The second kappa shape index (κ2) is 9.90. The smallest absolute Gasteiger partial charge is 0.229 e. The Balaban J connectivity index is 1.26. The highest BCUT2D eigenvalue weighted by molar-refractivity contribution is 5.87. The number of azo groups is 1. The number of aromatic nitrogens is 2. The molecule has 0 bridgehead atoms. The quantitative estimate of drug-likeness (QED) is 0.404. The van der Waals surface area contributed by atoms with Crippen LogP contribution in [0.4, 0.5) is 11.5 Å². The van der Waals surface area contributed by atoms with E-state index in [9.17, 15) is 4.79 Å². The van der Waals surface area contributed by atoms with Crippen LogP contribution in [0.3, 0.4) is 0 Å². The Labute approximate surface area is 205 Å². The molecule has 1 aromatic heterocycles. The molecule has 3 aromatic rings. The topological polar surface area (TPSA) is 97.9 Å². The molecule has 1 spiro atoms. The van der Waals surface area contributed by atoms with Gasteiger partial charge in [-0.2, -0.15) is 10.2 Å². The predicted molar refractivity (Wildman–Crippen MR) is 137 cm³/mol. The molecule has 2 fully saturated rings. The van der Waals surface area contributed by atoms with Crippen LogP contribution in [0.15, 0.2) is 71.0 Å². The molecule has 2 aromatic carbocycles. The largest absolute Gasteiger partial charge is 0.355 e. The van der Waals surface area contributed by atoms with E-state index in [1.165, 1.54) is 0 Å². The number of benzene rings is 2. The summed E-state index contributed by atoms with van der Waals surface area (Å²) in [6, 6.07) is 17.0. The lowest BCUT2D eigenvalue weighted by Crippen LogP contribution is -2.55. The Morgan fingerprint density at radius 3 is 2.49 bits per heavy atom. The first-order chi connectivity index (χ1) is 17.0. The van der Waals surface area contributed by atoms with Crippen LogP contribution in [-0.4, -0.2) is 58.7 Å². The second-order valence-electron chi connectivity index (χ2n) is 9.59. The van der Waals surface area contributed by atoms with Gasteiger partial charge >= 0.3 is 0 Å². The third-order valence-corrected chi connectivity index (χ3v) is 7.27. The summed E-state index contributed by atoms with van der Waals surface area (Å²) in [5.74, 6) is 1.08. The maximum Gasteiger partial charge on any atom is 0.229 e. The van der Waals surface area contributed by atoms with E-state index in [0.717, 1.165) is 61.3 Å². The van der Waals surface area contributed by atoms with Gasteiger partial charge in [-0.25, -0.2) is 4.98 Å². The molecule has 2 aliphatic heterocycles. The van der Waals surface area contributed by atoms with E-state index in [-0.39, 0.29) is 11.3 Å². The molecule has 1 unspecified atom stereocenters. The van der Waals surface area contributed by atoms with Gasteiger partial charge in [0.2, 0.25) is 5.91 Å². The predicted octanol–water partition coefficient (Wildman–Crippen LogP) is 5.03. The third kappa shape index (κ3) is 4.92. The van der Waals surface area contributed by atoms with Crippen LogP contribution in [0, 0.1) is 10.8 Å². The van der Waals surface area contributed by atoms with E-state index in [4.69, 9.17) is 10.4 Å². The van der Waals surface area contributed by atoms with E-state index in [2.05, 4.69) is 20.1 Å². The fourth-order valence-corrected chi connectivity index (χ4v) is 5.15. The van der Waals surface area contributed by atoms with Gasteiger partial charge in [0.25, 0.3) is 0 Å². The number of rotatable bonds is 6. The van der Waals surface area contributed by atoms with Gasteiger partial charge in [0.1, 0.15) is 11.9 Å². The van der Waals surface area contributed by atoms with Crippen LogP contribution in [0.1, 0.15) is 32.6 Å². The fourth-order valence-electron chi connectivity index (χ4n) is 5.15. The molecule has 5 rings (SSSR count). The average molecular weight is 470 g/mol. The van der Waals surface area contributed by atoms with Crippen molar-refractivity contribution in [2.24, 2.45) is 15.6 Å². The lowest BCUT2D eigenvalue weighted by Gasteiger charge is -2.47. The first kappa shape index (κ1) is 23.1. The van der Waals surface area contributed by atoms with Crippen molar-refractivity contribution in [2.75, 3.05) is 31.1 Å². The summed E-state index contributed by atoms with van der Waals surface area (Å²) in [4.78, 5) is 27.2.